The minimum absolute atomic E-state index is 0.0406. The first-order valence-corrected chi connectivity index (χ1v) is 10.5. The molecule has 7 heteroatoms. The second kappa shape index (κ2) is 12.8. The fourth-order valence-electron chi connectivity index (χ4n) is 2.58. The molecule has 0 heterocycles. The Morgan fingerprint density at radius 2 is 0.971 bits per heavy atom. The number of allylic oxidation sites excluding steroid dienone is 1. The maximum absolute atomic E-state index is 12.2. The number of benzene rings is 2. The smallest absolute Gasteiger partial charge is 0.338 e. The van der Waals surface area contributed by atoms with Crippen molar-refractivity contribution in [3.63, 3.8) is 0 Å². The zero-order chi connectivity index (χ0) is 25.1. The van der Waals surface area contributed by atoms with E-state index >= 15 is 0 Å². The van der Waals surface area contributed by atoms with Gasteiger partial charge >= 0.3 is 17.9 Å². The van der Waals surface area contributed by atoms with Gasteiger partial charge in [-0.05, 0) is 54.8 Å². The van der Waals surface area contributed by atoms with Gasteiger partial charge in [0.25, 0.3) is 0 Å². The summed E-state index contributed by atoms with van der Waals surface area (Å²) in [5, 5.41) is 0. The first-order valence-electron chi connectivity index (χ1n) is 10.5. The van der Waals surface area contributed by atoms with Crippen LogP contribution in [0, 0.1) is 0 Å². The molecule has 0 amide bonds. The molecular formula is C27H28O7. The van der Waals surface area contributed by atoms with Gasteiger partial charge in [-0.3, -0.25) is 0 Å². The molecule has 0 aliphatic rings. The van der Waals surface area contributed by atoms with Crippen LogP contribution in [0.2, 0.25) is 0 Å². The summed E-state index contributed by atoms with van der Waals surface area (Å²) in [5.74, 6) is -1.04. The van der Waals surface area contributed by atoms with Crippen molar-refractivity contribution in [1.29, 1.82) is 0 Å². The van der Waals surface area contributed by atoms with E-state index in [-0.39, 0.29) is 32.0 Å². The third-order valence-electron chi connectivity index (χ3n) is 4.54. The van der Waals surface area contributed by atoms with Crippen LogP contribution in [0.3, 0.4) is 0 Å². The summed E-state index contributed by atoms with van der Waals surface area (Å²) in [5.41, 5.74) is 3.50. The lowest BCUT2D eigenvalue weighted by atomic mass is 10.0. The van der Waals surface area contributed by atoms with E-state index in [0.717, 1.165) is 11.1 Å². The molecule has 0 N–H and O–H groups in total. The molecule has 0 spiro atoms. The molecule has 2 aromatic carbocycles. The normalized spacial score (nSPS) is 10.1. The summed E-state index contributed by atoms with van der Waals surface area (Å²) in [6, 6.07) is 13.7. The highest BCUT2D eigenvalue weighted by Crippen LogP contribution is 2.21. The maximum Gasteiger partial charge on any atom is 0.338 e. The molecule has 0 aromatic heterocycles. The Hall–Kier alpha value is -4.13. The molecule has 2 aromatic rings. The number of esters is 3. The van der Waals surface area contributed by atoms with E-state index in [2.05, 4.69) is 19.7 Å². The first-order chi connectivity index (χ1) is 16.2. The predicted molar refractivity (Wildman–Crippen MR) is 128 cm³/mol. The zero-order valence-electron chi connectivity index (χ0n) is 19.4. The highest BCUT2D eigenvalue weighted by molar-refractivity contribution is 5.91. The number of carbonyl (C=O) groups is 3. The van der Waals surface area contributed by atoms with Crippen molar-refractivity contribution in [1.82, 2.24) is 0 Å². The molecule has 0 saturated heterocycles. The molecule has 0 aliphatic heterocycles. The van der Waals surface area contributed by atoms with E-state index in [0.29, 0.717) is 22.5 Å². The number of carbonyl (C=O) groups excluding carboxylic acids is 3. The largest absolute Gasteiger partial charge is 0.490 e. The van der Waals surface area contributed by atoms with Crippen LogP contribution in [0.5, 0.6) is 0 Å². The quantitative estimate of drug-likeness (QED) is 0.110. The van der Waals surface area contributed by atoms with Crippen molar-refractivity contribution in [2.75, 3.05) is 26.4 Å². The SMILES string of the molecule is C=C(C)C(=C)OCCOC(=O)c1ccc(-c2ccc(C(=O)OCCOC(=O)C(=C)C)cc2)cc1. The number of rotatable bonds is 12. The van der Waals surface area contributed by atoms with Gasteiger partial charge in [-0.25, -0.2) is 14.4 Å². The summed E-state index contributed by atoms with van der Waals surface area (Å²) in [7, 11) is 0. The third kappa shape index (κ3) is 8.09. The predicted octanol–water partition coefficient (Wildman–Crippen LogP) is 4.89. The fourth-order valence-corrected chi connectivity index (χ4v) is 2.58. The average Bonchev–Trinajstić information content (AvgIpc) is 2.83. The maximum atomic E-state index is 12.2. The summed E-state index contributed by atoms with van der Waals surface area (Å²) < 4.78 is 20.5. The van der Waals surface area contributed by atoms with Gasteiger partial charge in [-0.15, -0.1) is 0 Å². The fraction of sp³-hybridized carbons (Fsp3) is 0.222. The summed E-state index contributed by atoms with van der Waals surface area (Å²) >= 11 is 0. The Morgan fingerprint density at radius 1 is 0.588 bits per heavy atom. The van der Waals surface area contributed by atoms with Crippen molar-refractivity contribution in [2.24, 2.45) is 0 Å². The van der Waals surface area contributed by atoms with Crippen LogP contribution in [0.1, 0.15) is 34.6 Å². The van der Waals surface area contributed by atoms with E-state index in [9.17, 15) is 14.4 Å². The monoisotopic (exact) mass is 464 g/mol. The van der Waals surface area contributed by atoms with Crippen LogP contribution in [0.4, 0.5) is 0 Å². The molecule has 0 saturated carbocycles. The van der Waals surface area contributed by atoms with Crippen molar-refractivity contribution >= 4 is 17.9 Å². The molecular weight excluding hydrogens is 436 g/mol. The van der Waals surface area contributed by atoms with Crippen LogP contribution in [-0.2, 0) is 23.7 Å². The van der Waals surface area contributed by atoms with Crippen molar-refractivity contribution in [2.45, 2.75) is 13.8 Å². The van der Waals surface area contributed by atoms with Crippen molar-refractivity contribution in [3.8, 4) is 11.1 Å². The molecule has 34 heavy (non-hydrogen) atoms. The Bertz CT molecular complexity index is 976. The van der Waals surface area contributed by atoms with E-state index in [1.54, 1.807) is 55.5 Å². The topological polar surface area (TPSA) is 88.1 Å². The Labute approximate surface area is 199 Å². The van der Waals surface area contributed by atoms with E-state index in [1.165, 1.54) is 6.92 Å². The Kier molecular flexibility index (Phi) is 9.83. The van der Waals surface area contributed by atoms with Gasteiger partial charge in [0.1, 0.15) is 32.2 Å². The third-order valence-corrected chi connectivity index (χ3v) is 4.54. The average molecular weight is 465 g/mol. The molecule has 0 fully saturated rings. The van der Waals surface area contributed by atoms with Crippen LogP contribution < -0.4 is 0 Å². The van der Waals surface area contributed by atoms with Crippen molar-refractivity contribution < 1.29 is 33.3 Å². The zero-order valence-corrected chi connectivity index (χ0v) is 19.4. The van der Waals surface area contributed by atoms with Crippen LogP contribution in [0.25, 0.3) is 11.1 Å². The van der Waals surface area contributed by atoms with Crippen LogP contribution in [0.15, 0.2) is 85.2 Å². The molecule has 0 aliphatic carbocycles. The minimum atomic E-state index is -0.529. The molecule has 0 atom stereocenters. The van der Waals surface area contributed by atoms with Crippen LogP contribution >= 0.6 is 0 Å². The molecule has 0 unspecified atom stereocenters. The minimum Gasteiger partial charge on any atom is -0.490 e. The number of ether oxygens (including phenoxy) is 4. The van der Waals surface area contributed by atoms with E-state index in [1.807, 2.05) is 0 Å². The summed E-state index contributed by atoms with van der Waals surface area (Å²) in [4.78, 5) is 35.6. The Morgan fingerprint density at radius 3 is 1.35 bits per heavy atom. The van der Waals surface area contributed by atoms with Crippen molar-refractivity contribution in [3.05, 3.63) is 96.3 Å². The molecule has 178 valence electrons. The van der Waals surface area contributed by atoms with E-state index in [4.69, 9.17) is 18.9 Å². The number of hydrogen-bond acceptors (Lipinski definition) is 7. The lowest BCUT2D eigenvalue weighted by molar-refractivity contribution is -0.140. The van der Waals surface area contributed by atoms with E-state index < -0.39 is 17.9 Å². The lowest BCUT2D eigenvalue weighted by Gasteiger charge is -2.10. The molecule has 0 radical (unpaired) electrons. The van der Waals surface area contributed by atoms with Crippen LogP contribution in [-0.4, -0.2) is 44.3 Å². The van der Waals surface area contributed by atoms with Gasteiger partial charge in [0, 0.05) is 5.57 Å². The highest BCUT2D eigenvalue weighted by atomic mass is 16.6. The molecule has 7 nitrogen and oxygen atoms in total. The molecule has 2 rings (SSSR count). The Balaban J connectivity index is 1.84. The van der Waals surface area contributed by atoms with Gasteiger partial charge in [-0.1, -0.05) is 44.0 Å². The van der Waals surface area contributed by atoms with Gasteiger partial charge in [0.15, 0.2) is 0 Å². The first kappa shape index (κ1) is 26.1. The second-order valence-electron chi connectivity index (χ2n) is 7.39. The second-order valence-corrected chi connectivity index (χ2v) is 7.39. The number of hydrogen-bond donors (Lipinski definition) is 0. The highest BCUT2D eigenvalue weighted by Gasteiger charge is 2.10. The standard InChI is InChI=1S/C27H28O7/c1-18(2)20(5)31-14-15-33-26(29)23-10-6-21(7-11-23)22-8-12-24(13-9-22)27(30)34-17-16-32-25(28)19(3)4/h6-13H,1,3,5,14-17H2,2,4H3. The van der Waals surface area contributed by atoms with Gasteiger partial charge < -0.3 is 18.9 Å². The summed E-state index contributed by atoms with van der Waals surface area (Å²) in [6.07, 6.45) is 0. The lowest BCUT2D eigenvalue weighted by Crippen LogP contribution is -2.14. The summed E-state index contributed by atoms with van der Waals surface area (Å²) in [6.45, 7) is 14.4. The van der Waals surface area contributed by atoms with Gasteiger partial charge in [0.05, 0.1) is 11.1 Å². The van der Waals surface area contributed by atoms with Gasteiger partial charge in [-0.2, -0.15) is 0 Å². The molecule has 0 bridgehead atoms. The van der Waals surface area contributed by atoms with Gasteiger partial charge in [0.2, 0.25) is 0 Å².